The zero-order valence-corrected chi connectivity index (χ0v) is 16.2. The van der Waals surface area contributed by atoms with E-state index in [1.165, 1.54) is 32.2 Å². The number of amides is 1. The molecule has 0 spiro atoms. The van der Waals surface area contributed by atoms with E-state index in [4.69, 9.17) is 0 Å². The van der Waals surface area contributed by atoms with Gasteiger partial charge in [-0.15, -0.1) is 0 Å². The topological polar surface area (TPSA) is 73.1 Å². The minimum atomic E-state index is -0.00792. The number of rotatable bonds is 4. The van der Waals surface area contributed by atoms with E-state index < -0.39 is 0 Å². The average Bonchev–Trinajstić information content (AvgIpc) is 3.29. The van der Waals surface area contributed by atoms with E-state index >= 15 is 0 Å². The second-order valence-electron chi connectivity index (χ2n) is 8.48. The highest BCUT2D eigenvalue weighted by atomic mass is 16.1. The number of aromatic nitrogens is 2. The Hall–Kier alpha value is -2.18. The van der Waals surface area contributed by atoms with Gasteiger partial charge >= 0.3 is 0 Å². The number of hydrogen-bond acceptors (Lipinski definition) is 4. The third-order valence-corrected chi connectivity index (χ3v) is 6.92. The van der Waals surface area contributed by atoms with Crippen LogP contribution in [0.1, 0.15) is 36.0 Å². The number of hydrogen-bond donors (Lipinski definition) is 3. The summed E-state index contributed by atoms with van der Waals surface area (Å²) in [5, 5.41) is 6.90. The predicted molar refractivity (Wildman–Crippen MR) is 109 cm³/mol. The minimum absolute atomic E-state index is 0.00792. The number of nitrogens with zero attached hydrogens (tertiary/aromatic N) is 2. The van der Waals surface area contributed by atoms with Crippen molar-refractivity contribution < 1.29 is 4.79 Å². The molecule has 0 unspecified atom stereocenters. The molecule has 6 nitrogen and oxygen atoms in total. The molecule has 28 heavy (non-hydrogen) atoms. The molecule has 3 aliphatic heterocycles. The lowest BCUT2D eigenvalue weighted by molar-refractivity contribution is -0.0371. The summed E-state index contributed by atoms with van der Waals surface area (Å²) in [6, 6.07) is 8.82. The molecule has 3 saturated heterocycles. The van der Waals surface area contributed by atoms with Gasteiger partial charge in [0.2, 0.25) is 0 Å². The van der Waals surface area contributed by atoms with Crippen LogP contribution in [0.15, 0.2) is 36.7 Å². The van der Waals surface area contributed by atoms with Crippen molar-refractivity contribution >= 4 is 5.91 Å². The summed E-state index contributed by atoms with van der Waals surface area (Å²) in [7, 11) is 0. The van der Waals surface area contributed by atoms with Crippen molar-refractivity contribution in [1.82, 2.24) is 25.5 Å². The van der Waals surface area contributed by atoms with E-state index in [1.54, 1.807) is 12.4 Å². The second kappa shape index (κ2) is 7.68. The molecule has 5 rings (SSSR count). The predicted octanol–water partition coefficient (Wildman–Crippen LogP) is 2.27. The second-order valence-corrected chi connectivity index (χ2v) is 8.48. The Bertz CT molecular complexity index is 820. The zero-order chi connectivity index (χ0) is 18.9. The number of imidazole rings is 1. The Kier molecular flexibility index (Phi) is 4.91. The first kappa shape index (κ1) is 17.9. The molecular weight excluding hydrogens is 350 g/mol. The van der Waals surface area contributed by atoms with Crippen molar-refractivity contribution in [3.63, 3.8) is 0 Å². The number of nitrogens with one attached hydrogen (secondary N) is 3. The fourth-order valence-electron chi connectivity index (χ4n) is 5.64. The van der Waals surface area contributed by atoms with Crippen LogP contribution in [0.4, 0.5) is 0 Å². The van der Waals surface area contributed by atoms with Crippen LogP contribution in [0.5, 0.6) is 0 Å². The number of aromatic amines is 1. The van der Waals surface area contributed by atoms with Crippen LogP contribution in [0.3, 0.4) is 0 Å². The lowest BCUT2D eigenvalue weighted by Crippen LogP contribution is -2.65. The Labute approximate surface area is 166 Å². The maximum Gasteiger partial charge on any atom is 0.252 e. The maximum atomic E-state index is 13.0. The number of fused-ring (bicyclic) bond motifs is 4. The van der Waals surface area contributed by atoms with Gasteiger partial charge in [-0.1, -0.05) is 24.6 Å². The first-order valence-corrected chi connectivity index (χ1v) is 10.6. The molecule has 3 N–H and O–H groups in total. The van der Waals surface area contributed by atoms with Crippen LogP contribution in [0.25, 0.3) is 11.4 Å². The Morgan fingerprint density at radius 3 is 3.00 bits per heavy atom. The van der Waals surface area contributed by atoms with Crippen LogP contribution < -0.4 is 10.6 Å². The molecule has 148 valence electrons. The van der Waals surface area contributed by atoms with Gasteiger partial charge in [-0.05, 0) is 56.8 Å². The molecule has 1 aromatic carbocycles. The molecule has 0 saturated carbocycles. The normalized spacial score (nSPS) is 29.9. The van der Waals surface area contributed by atoms with Gasteiger partial charge in [0.1, 0.15) is 5.82 Å². The Morgan fingerprint density at radius 1 is 1.21 bits per heavy atom. The van der Waals surface area contributed by atoms with Crippen LogP contribution in [-0.2, 0) is 0 Å². The first-order valence-electron chi connectivity index (χ1n) is 10.6. The van der Waals surface area contributed by atoms with Crippen LogP contribution in [0.2, 0.25) is 0 Å². The summed E-state index contributed by atoms with van der Waals surface area (Å²) in [5.41, 5.74) is 1.53. The molecule has 4 atom stereocenters. The summed E-state index contributed by atoms with van der Waals surface area (Å²) < 4.78 is 0. The van der Waals surface area contributed by atoms with Crippen LogP contribution in [-0.4, -0.2) is 59.0 Å². The van der Waals surface area contributed by atoms with Crippen molar-refractivity contribution in [2.45, 2.75) is 37.8 Å². The highest BCUT2D eigenvalue weighted by Crippen LogP contribution is 2.38. The van der Waals surface area contributed by atoms with Gasteiger partial charge < -0.3 is 15.6 Å². The third-order valence-electron chi connectivity index (χ3n) is 6.92. The highest BCUT2D eigenvalue weighted by Gasteiger charge is 2.45. The van der Waals surface area contributed by atoms with Crippen LogP contribution >= 0.6 is 0 Å². The van der Waals surface area contributed by atoms with E-state index in [9.17, 15) is 4.79 Å². The number of carbonyl (C=O) groups is 1. The standard InChI is InChI=1S/C22H29N5O/c28-22(18-6-2-1-5-17(18)21-24-8-9-25-21)26-14-20-16-11-15(12-23-13-16)19-7-3-4-10-27(19)20/h1-2,5-6,8-9,15-16,19-20,23H,3-4,7,10-14H2,(H,24,25)(H,26,28)/t15-,16+,19+,20+/m1/s1. The van der Waals surface area contributed by atoms with Gasteiger partial charge in [0.15, 0.2) is 0 Å². The van der Waals surface area contributed by atoms with Gasteiger partial charge in [0.25, 0.3) is 5.91 Å². The van der Waals surface area contributed by atoms with Crippen LogP contribution in [0, 0.1) is 11.8 Å². The Morgan fingerprint density at radius 2 is 2.11 bits per heavy atom. The number of H-pyrrole nitrogens is 1. The van der Waals surface area contributed by atoms with Gasteiger partial charge in [-0.2, -0.15) is 0 Å². The molecule has 3 fully saturated rings. The highest BCUT2D eigenvalue weighted by molar-refractivity contribution is 6.00. The van der Waals surface area contributed by atoms with E-state index in [0.29, 0.717) is 23.6 Å². The SMILES string of the molecule is O=C(NC[C@H]1[C@@H]2CNC[C@@H](C2)[C@@H]2CCCCN21)c1ccccc1-c1ncc[nH]1. The van der Waals surface area contributed by atoms with Crippen molar-refractivity contribution in [2.75, 3.05) is 26.2 Å². The van der Waals surface area contributed by atoms with E-state index in [0.717, 1.165) is 36.9 Å². The van der Waals surface area contributed by atoms with E-state index in [-0.39, 0.29) is 5.91 Å². The van der Waals surface area contributed by atoms with Crippen molar-refractivity contribution in [3.05, 3.63) is 42.2 Å². The average molecular weight is 380 g/mol. The Balaban J connectivity index is 1.33. The minimum Gasteiger partial charge on any atom is -0.350 e. The molecule has 2 aromatic rings. The molecule has 4 heterocycles. The fourth-order valence-corrected chi connectivity index (χ4v) is 5.64. The molecule has 1 amide bonds. The molecule has 6 heteroatoms. The third kappa shape index (κ3) is 3.25. The first-order chi connectivity index (χ1) is 13.8. The van der Waals surface area contributed by atoms with E-state index in [1.807, 2.05) is 24.3 Å². The quantitative estimate of drug-likeness (QED) is 0.762. The molecule has 0 radical (unpaired) electrons. The monoisotopic (exact) mass is 379 g/mol. The summed E-state index contributed by atoms with van der Waals surface area (Å²) in [6.07, 6.45) is 8.75. The van der Waals surface area contributed by atoms with Crippen molar-refractivity contribution in [3.8, 4) is 11.4 Å². The number of benzene rings is 1. The fraction of sp³-hybridized carbons (Fsp3) is 0.545. The molecule has 1 aromatic heterocycles. The zero-order valence-electron chi connectivity index (χ0n) is 16.2. The smallest absolute Gasteiger partial charge is 0.252 e. The summed E-state index contributed by atoms with van der Waals surface area (Å²) in [6.45, 7) is 4.14. The van der Waals surface area contributed by atoms with Crippen molar-refractivity contribution in [2.24, 2.45) is 11.8 Å². The van der Waals surface area contributed by atoms with Gasteiger partial charge in [-0.25, -0.2) is 4.98 Å². The lowest BCUT2D eigenvalue weighted by atomic mass is 9.73. The van der Waals surface area contributed by atoms with Gasteiger partial charge in [0, 0.05) is 36.6 Å². The number of carbonyl (C=O) groups excluding carboxylic acids is 1. The van der Waals surface area contributed by atoms with Gasteiger partial charge in [-0.3, -0.25) is 9.69 Å². The van der Waals surface area contributed by atoms with Gasteiger partial charge in [0.05, 0.1) is 5.56 Å². The molecule has 2 bridgehead atoms. The maximum absolute atomic E-state index is 13.0. The van der Waals surface area contributed by atoms with E-state index in [2.05, 4.69) is 25.5 Å². The number of piperidine rings is 3. The largest absolute Gasteiger partial charge is 0.350 e. The van der Waals surface area contributed by atoms with Crippen molar-refractivity contribution in [1.29, 1.82) is 0 Å². The summed E-state index contributed by atoms with van der Waals surface area (Å²) in [5.74, 6) is 2.14. The molecule has 3 aliphatic rings. The molecular formula is C22H29N5O. The summed E-state index contributed by atoms with van der Waals surface area (Å²) in [4.78, 5) is 23.2. The summed E-state index contributed by atoms with van der Waals surface area (Å²) >= 11 is 0. The lowest BCUT2D eigenvalue weighted by Gasteiger charge is -2.55. The molecule has 0 aliphatic carbocycles.